The average molecular weight is 394 g/mol. The molecule has 2 atom stereocenters. The summed E-state index contributed by atoms with van der Waals surface area (Å²) in [6.45, 7) is 8.40. The van der Waals surface area contributed by atoms with Crippen molar-refractivity contribution in [1.82, 2.24) is 15.2 Å². The van der Waals surface area contributed by atoms with Crippen LogP contribution in [0.2, 0.25) is 0 Å². The van der Waals surface area contributed by atoms with E-state index in [9.17, 15) is 9.59 Å². The number of nitrogens with one attached hydrogen (secondary N) is 2. The third-order valence-corrected chi connectivity index (χ3v) is 6.35. The summed E-state index contributed by atoms with van der Waals surface area (Å²) in [4.78, 5) is 31.1. The highest BCUT2D eigenvalue weighted by atomic mass is 16.2. The number of hydrogen-bond donors (Lipinski definition) is 2. The third-order valence-electron chi connectivity index (χ3n) is 6.35. The fraction of sp³-hybridized carbons (Fsp3) is 0.500. The Kier molecular flexibility index (Phi) is 5.01. The standard InChI is InChI=1S/C24H31N3O2/c1-15-5-7-16(8-6-15)23(29)27-19-9-10-20(27)13-18(12-19)26-22(28)17-11-21(25-14-17)24(2,3)4/h5-8,11,14,18-20,25H,9-10,12-13H2,1-4H3,(H,26,28)/t19-,20-/m0/s1. The molecule has 2 bridgehead atoms. The lowest BCUT2D eigenvalue weighted by molar-refractivity contribution is 0.0549. The van der Waals surface area contributed by atoms with Gasteiger partial charge >= 0.3 is 0 Å². The van der Waals surface area contributed by atoms with Crippen molar-refractivity contribution in [2.75, 3.05) is 0 Å². The van der Waals surface area contributed by atoms with E-state index in [0.717, 1.165) is 42.5 Å². The van der Waals surface area contributed by atoms with Crippen molar-refractivity contribution in [1.29, 1.82) is 0 Å². The van der Waals surface area contributed by atoms with Gasteiger partial charge in [-0.2, -0.15) is 0 Å². The highest BCUT2D eigenvalue weighted by Gasteiger charge is 2.43. The number of aromatic nitrogens is 1. The predicted molar refractivity (Wildman–Crippen MR) is 114 cm³/mol. The zero-order chi connectivity index (χ0) is 20.8. The van der Waals surface area contributed by atoms with E-state index in [1.807, 2.05) is 37.3 Å². The maximum atomic E-state index is 13.1. The van der Waals surface area contributed by atoms with Crippen molar-refractivity contribution >= 4 is 11.8 Å². The highest BCUT2D eigenvalue weighted by molar-refractivity contribution is 5.95. The number of amides is 2. The molecule has 2 N–H and O–H groups in total. The van der Waals surface area contributed by atoms with Crippen LogP contribution in [0.3, 0.4) is 0 Å². The Labute approximate surface area is 172 Å². The molecular formula is C24H31N3O2. The van der Waals surface area contributed by atoms with Crippen LogP contribution in [0.1, 0.15) is 78.4 Å². The lowest BCUT2D eigenvalue weighted by Gasteiger charge is -2.39. The summed E-state index contributed by atoms with van der Waals surface area (Å²) in [7, 11) is 0. The summed E-state index contributed by atoms with van der Waals surface area (Å²) >= 11 is 0. The summed E-state index contributed by atoms with van der Waals surface area (Å²) in [6, 6.07) is 10.3. The molecule has 2 saturated heterocycles. The van der Waals surface area contributed by atoms with Gasteiger partial charge in [0, 0.05) is 41.0 Å². The van der Waals surface area contributed by atoms with E-state index < -0.39 is 0 Å². The molecule has 2 aromatic rings. The van der Waals surface area contributed by atoms with Gasteiger partial charge in [0.15, 0.2) is 0 Å². The second-order valence-electron chi connectivity index (χ2n) is 9.66. The zero-order valence-electron chi connectivity index (χ0n) is 17.8. The smallest absolute Gasteiger partial charge is 0.254 e. The van der Waals surface area contributed by atoms with E-state index in [1.54, 1.807) is 6.20 Å². The van der Waals surface area contributed by atoms with Crippen LogP contribution in [0.5, 0.6) is 0 Å². The minimum atomic E-state index is -0.0283. The number of piperidine rings is 1. The molecule has 0 unspecified atom stereocenters. The Balaban J connectivity index is 1.41. The average Bonchev–Trinajstić information content (AvgIpc) is 3.25. The molecule has 0 spiro atoms. The number of aromatic amines is 1. The van der Waals surface area contributed by atoms with Crippen LogP contribution >= 0.6 is 0 Å². The first-order valence-corrected chi connectivity index (χ1v) is 10.6. The topological polar surface area (TPSA) is 65.2 Å². The molecule has 2 aliphatic rings. The Bertz CT molecular complexity index is 893. The second kappa shape index (κ2) is 7.36. The van der Waals surface area contributed by atoms with Gasteiger partial charge in [-0.15, -0.1) is 0 Å². The monoisotopic (exact) mass is 393 g/mol. The number of nitrogens with zero attached hydrogens (tertiary/aromatic N) is 1. The molecule has 29 heavy (non-hydrogen) atoms. The molecule has 4 rings (SSSR count). The molecule has 5 nitrogen and oxygen atoms in total. The van der Waals surface area contributed by atoms with Gasteiger partial charge in [-0.25, -0.2) is 0 Å². The van der Waals surface area contributed by atoms with Crippen molar-refractivity contribution in [3.63, 3.8) is 0 Å². The zero-order valence-corrected chi connectivity index (χ0v) is 17.8. The summed E-state index contributed by atoms with van der Waals surface area (Å²) < 4.78 is 0. The van der Waals surface area contributed by atoms with E-state index in [-0.39, 0.29) is 35.4 Å². The molecule has 3 heterocycles. The van der Waals surface area contributed by atoms with Gasteiger partial charge in [-0.05, 0) is 50.8 Å². The number of benzene rings is 1. The van der Waals surface area contributed by atoms with Gasteiger partial charge < -0.3 is 15.2 Å². The van der Waals surface area contributed by atoms with Crippen molar-refractivity contribution in [3.8, 4) is 0 Å². The number of fused-ring (bicyclic) bond motifs is 2. The van der Waals surface area contributed by atoms with Crippen LogP contribution in [0, 0.1) is 6.92 Å². The molecule has 1 aromatic carbocycles. The van der Waals surface area contributed by atoms with Crippen LogP contribution in [-0.4, -0.2) is 39.8 Å². The molecule has 0 radical (unpaired) electrons. The van der Waals surface area contributed by atoms with E-state index in [1.165, 1.54) is 0 Å². The number of H-pyrrole nitrogens is 1. The molecule has 0 saturated carbocycles. The van der Waals surface area contributed by atoms with Crippen LogP contribution in [0.4, 0.5) is 0 Å². The minimum Gasteiger partial charge on any atom is -0.364 e. The van der Waals surface area contributed by atoms with Gasteiger partial charge in [0.2, 0.25) is 0 Å². The summed E-state index contributed by atoms with van der Waals surface area (Å²) in [6.07, 6.45) is 5.49. The lowest BCUT2D eigenvalue weighted by atomic mass is 9.92. The Hall–Kier alpha value is -2.56. The van der Waals surface area contributed by atoms with Crippen molar-refractivity contribution in [2.45, 2.75) is 76.9 Å². The normalized spacial score (nSPS) is 23.9. The minimum absolute atomic E-state index is 0.0146. The van der Waals surface area contributed by atoms with Crippen molar-refractivity contribution in [2.24, 2.45) is 0 Å². The molecule has 5 heteroatoms. The lowest BCUT2D eigenvalue weighted by Crippen LogP contribution is -2.52. The number of carbonyl (C=O) groups excluding carboxylic acids is 2. The van der Waals surface area contributed by atoms with Gasteiger partial charge in [0.25, 0.3) is 11.8 Å². The highest BCUT2D eigenvalue weighted by Crippen LogP contribution is 2.37. The molecule has 2 amide bonds. The predicted octanol–water partition coefficient (Wildman–Crippen LogP) is 4.19. The van der Waals surface area contributed by atoms with Gasteiger partial charge in [0.1, 0.15) is 0 Å². The first-order valence-electron chi connectivity index (χ1n) is 10.6. The maximum absolute atomic E-state index is 13.1. The molecule has 1 aromatic heterocycles. The van der Waals surface area contributed by atoms with E-state index in [0.29, 0.717) is 5.56 Å². The molecule has 154 valence electrons. The maximum Gasteiger partial charge on any atom is 0.254 e. The van der Waals surface area contributed by atoms with Gasteiger partial charge in [-0.3, -0.25) is 9.59 Å². The fourth-order valence-electron chi connectivity index (χ4n) is 4.70. The third kappa shape index (κ3) is 3.96. The Morgan fingerprint density at radius 1 is 1.03 bits per heavy atom. The van der Waals surface area contributed by atoms with Crippen LogP contribution in [0.15, 0.2) is 36.5 Å². The molecular weight excluding hydrogens is 362 g/mol. The largest absolute Gasteiger partial charge is 0.364 e. The summed E-state index contributed by atoms with van der Waals surface area (Å²) in [5.74, 6) is 0.0993. The fourth-order valence-corrected chi connectivity index (χ4v) is 4.70. The summed E-state index contributed by atoms with van der Waals surface area (Å²) in [5.41, 5.74) is 3.64. The number of carbonyl (C=O) groups is 2. The SMILES string of the molecule is Cc1ccc(C(=O)N2[C@H]3CC[C@H]2CC(NC(=O)c2c[nH]c(C(C)(C)C)c2)C3)cc1. The number of rotatable bonds is 3. The Morgan fingerprint density at radius 3 is 2.21 bits per heavy atom. The van der Waals surface area contributed by atoms with E-state index >= 15 is 0 Å². The summed E-state index contributed by atoms with van der Waals surface area (Å²) in [5, 5.41) is 3.21. The molecule has 2 fully saturated rings. The van der Waals surface area contributed by atoms with E-state index in [2.05, 4.69) is 36.0 Å². The van der Waals surface area contributed by atoms with Crippen molar-refractivity contribution in [3.05, 3.63) is 58.9 Å². The molecule has 0 aliphatic carbocycles. The van der Waals surface area contributed by atoms with Gasteiger partial charge in [-0.1, -0.05) is 38.5 Å². The van der Waals surface area contributed by atoms with Crippen molar-refractivity contribution < 1.29 is 9.59 Å². The Morgan fingerprint density at radius 2 is 1.66 bits per heavy atom. The second-order valence-corrected chi connectivity index (χ2v) is 9.66. The number of hydrogen-bond acceptors (Lipinski definition) is 2. The first kappa shape index (κ1) is 19.7. The molecule has 2 aliphatic heterocycles. The number of aryl methyl sites for hydroxylation is 1. The first-order chi connectivity index (χ1) is 13.7. The van der Waals surface area contributed by atoms with Crippen LogP contribution in [0.25, 0.3) is 0 Å². The van der Waals surface area contributed by atoms with Crippen LogP contribution in [-0.2, 0) is 5.41 Å². The van der Waals surface area contributed by atoms with Gasteiger partial charge in [0.05, 0.1) is 5.56 Å². The van der Waals surface area contributed by atoms with E-state index in [4.69, 9.17) is 0 Å². The van der Waals surface area contributed by atoms with Crippen LogP contribution < -0.4 is 5.32 Å². The quantitative estimate of drug-likeness (QED) is 0.821.